The van der Waals surface area contributed by atoms with Gasteiger partial charge in [0.05, 0.1) is 29.6 Å². The Hall–Kier alpha value is -2.46. The SMILES string of the molecule is COc1nc(CNC(=O)CSc2nc3ccccc3s2)nc(N(C)C)n1. The van der Waals surface area contributed by atoms with Crippen molar-refractivity contribution in [2.45, 2.75) is 10.9 Å². The van der Waals surface area contributed by atoms with E-state index in [1.807, 2.05) is 38.4 Å². The number of nitrogens with one attached hydrogen (secondary N) is 1. The molecule has 3 rings (SSSR count). The third kappa shape index (κ3) is 4.58. The Labute approximate surface area is 159 Å². The second-order valence-electron chi connectivity index (χ2n) is 5.45. The zero-order valence-corrected chi connectivity index (χ0v) is 16.2. The van der Waals surface area contributed by atoms with Crippen molar-refractivity contribution in [2.24, 2.45) is 0 Å². The molecule has 0 radical (unpaired) electrons. The molecular weight excluding hydrogens is 372 g/mol. The van der Waals surface area contributed by atoms with Gasteiger partial charge in [0.25, 0.3) is 0 Å². The number of fused-ring (bicyclic) bond motifs is 1. The second-order valence-corrected chi connectivity index (χ2v) is 7.70. The first-order valence-corrected chi connectivity index (χ1v) is 9.56. The van der Waals surface area contributed by atoms with E-state index in [0.29, 0.717) is 11.8 Å². The van der Waals surface area contributed by atoms with Crippen molar-refractivity contribution >= 4 is 45.2 Å². The van der Waals surface area contributed by atoms with Gasteiger partial charge in [-0.3, -0.25) is 4.79 Å². The predicted octanol–water partition coefficient (Wildman–Crippen LogP) is 1.96. The molecule has 0 aliphatic rings. The van der Waals surface area contributed by atoms with Crippen LogP contribution < -0.4 is 15.0 Å². The Kier molecular flexibility index (Phi) is 5.84. The van der Waals surface area contributed by atoms with Gasteiger partial charge >= 0.3 is 6.01 Å². The number of thiazole rings is 1. The van der Waals surface area contributed by atoms with Gasteiger partial charge in [0, 0.05) is 14.1 Å². The number of nitrogens with zero attached hydrogens (tertiary/aromatic N) is 5. The molecule has 0 bridgehead atoms. The summed E-state index contributed by atoms with van der Waals surface area (Å²) in [6.45, 7) is 0.207. The molecule has 0 spiro atoms. The Morgan fingerprint density at radius 1 is 1.23 bits per heavy atom. The van der Waals surface area contributed by atoms with Crippen molar-refractivity contribution in [1.29, 1.82) is 0 Å². The summed E-state index contributed by atoms with van der Waals surface area (Å²) in [4.78, 5) is 30.9. The molecule has 3 aromatic rings. The van der Waals surface area contributed by atoms with E-state index in [4.69, 9.17) is 4.74 Å². The third-order valence-electron chi connectivity index (χ3n) is 3.28. The minimum Gasteiger partial charge on any atom is -0.467 e. The molecule has 8 nitrogen and oxygen atoms in total. The Balaban J connectivity index is 1.56. The molecule has 0 saturated heterocycles. The largest absolute Gasteiger partial charge is 0.467 e. The first kappa shape index (κ1) is 18.3. The van der Waals surface area contributed by atoms with Crippen LogP contribution in [0.5, 0.6) is 6.01 Å². The van der Waals surface area contributed by atoms with Gasteiger partial charge in [0.1, 0.15) is 0 Å². The van der Waals surface area contributed by atoms with Gasteiger partial charge in [-0.05, 0) is 12.1 Å². The van der Waals surface area contributed by atoms with E-state index in [-0.39, 0.29) is 24.2 Å². The van der Waals surface area contributed by atoms with Crippen LogP contribution in [0.15, 0.2) is 28.6 Å². The average Bonchev–Trinajstić information content (AvgIpc) is 3.07. The molecule has 1 aromatic carbocycles. The number of thioether (sulfide) groups is 1. The average molecular weight is 390 g/mol. The maximum atomic E-state index is 12.1. The number of amides is 1. The number of para-hydroxylation sites is 1. The summed E-state index contributed by atoms with van der Waals surface area (Å²) in [6.07, 6.45) is 0. The van der Waals surface area contributed by atoms with Gasteiger partial charge in [-0.25, -0.2) is 4.98 Å². The molecule has 0 aliphatic carbocycles. The van der Waals surface area contributed by atoms with Crippen molar-refractivity contribution in [3.63, 3.8) is 0 Å². The number of ether oxygens (including phenoxy) is 1. The topological polar surface area (TPSA) is 93.1 Å². The molecule has 0 aliphatic heterocycles. The third-order valence-corrected chi connectivity index (χ3v) is 5.46. The lowest BCUT2D eigenvalue weighted by atomic mass is 10.3. The number of carbonyl (C=O) groups excluding carboxylic acids is 1. The van der Waals surface area contributed by atoms with Gasteiger partial charge in [-0.15, -0.1) is 11.3 Å². The molecule has 2 heterocycles. The molecule has 0 atom stereocenters. The lowest BCUT2D eigenvalue weighted by Crippen LogP contribution is -2.26. The van der Waals surface area contributed by atoms with Crippen molar-refractivity contribution in [3.8, 4) is 6.01 Å². The predicted molar refractivity (Wildman–Crippen MR) is 103 cm³/mol. The molecule has 2 aromatic heterocycles. The molecule has 136 valence electrons. The Morgan fingerprint density at radius 3 is 2.77 bits per heavy atom. The fraction of sp³-hybridized carbons (Fsp3) is 0.312. The molecule has 1 amide bonds. The van der Waals surface area contributed by atoms with E-state index >= 15 is 0 Å². The first-order valence-electron chi connectivity index (χ1n) is 7.76. The van der Waals surface area contributed by atoms with E-state index in [1.54, 1.807) is 16.2 Å². The smallest absolute Gasteiger partial charge is 0.321 e. The number of carbonyl (C=O) groups is 1. The standard InChI is InChI=1S/C16H18N6O2S2/c1-22(2)14-19-12(20-15(21-14)24-3)8-17-13(23)9-25-16-18-10-6-4-5-7-11(10)26-16/h4-7H,8-9H2,1-3H3,(H,17,23). The van der Waals surface area contributed by atoms with E-state index in [9.17, 15) is 4.79 Å². The highest BCUT2D eigenvalue weighted by Gasteiger charge is 2.11. The molecule has 1 N–H and O–H groups in total. The van der Waals surface area contributed by atoms with Crippen LogP contribution in [0.1, 0.15) is 5.82 Å². The quantitative estimate of drug-likeness (QED) is 0.612. The van der Waals surface area contributed by atoms with Gasteiger partial charge in [-0.2, -0.15) is 15.0 Å². The number of benzene rings is 1. The zero-order chi connectivity index (χ0) is 18.5. The summed E-state index contributed by atoms with van der Waals surface area (Å²) in [5, 5.41) is 2.81. The maximum absolute atomic E-state index is 12.1. The maximum Gasteiger partial charge on any atom is 0.321 e. The van der Waals surface area contributed by atoms with E-state index in [0.717, 1.165) is 14.6 Å². The normalized spacial score (nSPS) is 10.7. The van der Waals surface area contributed by atoms with Crippen molar-refractivity contribution in [3.05, 3.63) is 30.1 Å². The lowest BCUT2D eigenvalue weighted by molar-refractivity contribution is -0.118. The van der Waals surface area contributed by atoms with Gasteiger partial charge in [0.15, 0.2) is 10.2 Å². The summed E-state index contributed by atoms with van der Waals surface area (Å²) >= 11 is 3.00. The number of hydrogen-bond donors (Lipinski definition) is 1. The number of anilines is 1. The van der Waals surface area contributed by atoms with Crippen LogP contribution >= 0.6 is 23.1 Å². The highest BCUT2D eigenvalue weighted by Crippen LogP contribution is 2.29. The van der Waals surface area contributed by atoms with Crippen LogP contribution in [-0.2, 0) is 11.3 Å². The number of aromatic nitrogens is 4. The summed E-state index contributed by atoms with van der Waals surface area (Å²) in [6, 6.07) is 8.14. The minimum absolute atomic E-state index is 0.111. The fourth-order valence-corrected chi connectivity index (χ4v) is 3.92. The molecule has 0 fully saturated rings. The number of hydrogen-bond acceptors (Lipinski definition) is 9. The van der Waals surface area contributed by atoms with Crippen molar-refractivity contribution in [1.82, 2.24) is 25.3 Å². The molecule has 0 unspecified atom stereocenters. The van der Waals surface area contributed by atoms with Gasteiger partial charge in [0.2, 0.25) is 11.9 Å². The lowest BCUT2D eigenvalue weighted by Gasteiger charge is -2.12. The number of rotatable bonds is 7. The highest BCUT2D eigenvalue weighted by atomic mass is 32.2. The van der Waals surface area contributed by atoms with Gasteiger partial charge < -0.3 is 15.0 Å². The molecule has 26 heavy (non-hydrogen) atoms. The number of methoxy groups -OCH3 is 1. The Morgan fingerprint density at radius 2 is 2.04 bits per heavy atom. The van der Waals surface area contributed by atoms with Crippen LogP contribution in [0, 0.1) is 0 Å². The summed E-state index contributed by atoms with van der Waals surface area (Å²) in [5.74, 6) is 1.09. The Bertz CT molecular complexity index is 882. The summed E-state index contributed by atoms with van der Waals surface area (Å²) in [7, 11) is 5.14. The summed E-state index contributed by atoms with van der Waals surface area (Å²) < 4.78 is 7.06. The molecule has 0 saturated carbocycles. The molecular formula is C16H18N6O2S2. The van der Waals surface area contributed by atoms with Crippen LogP contribution in [0.25, 0.3) is 10.2 Å². The zero-order valence-electron chi connectivity index (χ0n) is 14.6. The first-order chi connectivity index (χ1) is 12.5. The summed E-state index contributed by atoms with van der Waals surface area (Å²) in [5.41, 5.74) is 0.953. The van der Waals surface area contributed by atoms with E-state index < -0.39 is 0 Å². The van der Waals surface area contributed by atoms with Crippen LogP contribution in [-0.4, -0.2) is 52.8 Å². The van der Waals surface area contributed by atoms with Crippen LogP contribution in [0.3, 0.4) is 0 Å². The minimum atomic E-state index is -0.111. The van der Waals surface area contributed by atoms with Gasteiger partial charge in [-0.1, -0.05) is 23.9 Å². The van der Waals surface area contributed by atoms with E-state index in [2.05, 4.69) is 25.3 Å². The van der Waals surface area contributed by atoms with E-state index in [1.165, 1.54) is 18.9 Å². The van der Waals surface area contributed by atoms with Crippen LogP contribution in [0.2, 0.25) is 0 Å². The van der Waals surface area contributed by atoms with Crippen LogP contribution in [0.4, 0.5) is 5.95 Å². The second kappa shape index (κ2) is 8.28. The monoisotopic (exact) mass is 390 g/mol. The van der Waals surface area contributed by atoms with Crippen molar-refractivity contribution < 1.29 is 9.53 Å². The fourth-order valence-electron chi connectivity index (χ4n) is 2.03. The molecule has 10 heteroatoms. The van der Waals surface area contributed by atoms with Crippen molar-refractivity contribution in [2.75, 3.05) is 31.9 Å². The highest BCUT2D eigenvalue weighted by molar-refractivity contribution is 8.01.